The molecule has 2 N–H and O–H groups in total. The van der Waals surface area contributed by atoms with E-state index in [4.69, 9.17) is 5.11 Å². The fourth-order valence-corrected chi connectivity index (χ4v) is 3.16. The van der Waals surface area contributed by atoms with Gasteiger partial charge in [0.05, 0.1) is 5.56 Å². The van der Waals surface area contributed by atoms with Crippen LogP contribution in [0.2, 0.25) is 0 Å². The van der Waals surface area contributed by atoms with E-state index >= 15 is 0 Å². The van der Waals surface area contributed by atoms with Crippen molar-refractivity contribution in [3.05, 3.63) is 29.6 Å². The monoisotopic (exact) mass is 282 g/mol. The van der Waals surface area contributed by atoms with Gasteiger partial charge in [-0.3, -0.25) is 9.00 Å². The lowest BCUT2D eigenvalue weighted by Crippen LogP contribution is -2.39. The minimum Gasteiger partial charge on any atom is -0.477 e. The molecule has 1 aliphatic heterocycles. The molecule has 1 fully saturated rings. The molecule has 19 heavy (non-hydrogen) atoms. The Morgan fingerprint density at radius 2 is 2.00 bits per heavy atom. The van der Waals surface area contributed by atoms with Gasteiger partial charge < -0.3 is 10.4 Å². The molecule has 0 aromatic carbocycles. The average Bonchev–Trinajstić information content (AvgIpc) is 2.41. The van der Waals surface area contributed by atoms with Crippen LogP contribution in [0.25, 0.3) is 0 Å². The molecule has 0 spiro atoms. The van der Waals surface area contributed by atoms with E-state index in [0.29, 0.717) is 29.9 Å². The summed E-state index contributed by atoms with van der Waals surface area (Å²) in [6, 6.07) is 2.77. The summed E-state index contributed by atoms with van der Waals surface area (Å²) in [5.41, 5.74) is 0.237. The number of aromatic nitrogens is 1. The Balaban J connectivity index is 1.96. The molecular formula is C12H14N2O4S. The van der Waals surface area contributed by atoms with Crippen LogP contribution in [0.15, 0.2) is 18.3 Å². The Hall–Kier alpha value is -1.76. The van der Waals surface area contributed by atoms with Crippen molar-refractivity contribution in [3.63, 3.8) is 0 Å². The summed E-state index contributed by atoms with van der Waals surface area (Å²) >= 11 is 0. The van der Waals surface area contributed by atoms with Crippen molar-refractivity contribution < 1.29 is 18.9 Å². The predicted octanol–water partition coefficient (Wildman–Crippen LogP) is 0.421. The van der Waals surface area contributed by atoms with Crippen molar-refractivity contribution >= 4 is 22.7 Å². The molecule has 0 saturated carbocycles. The molecule has 2 heterocycles. The lowest BCUT2D eigenvalue weighted by atomic mass is 10.1. The molecule has 1 amide bonds. The summed E-state index contributed by atoms with van der Waals surface area (Å²) in [7, 11) is -0.758. The zero-order valence-corrected chi connectivity index (χ0v) is 11.0. The van der Waals surface area contributed by atoms with Crippen molar-refractivity contribution in [1.29, 1.82) is 0 Å². The molecule has 0 radical (unpaired) electrons. The van der Waals surface area contributed by atoms with Crippen LogP contribution in [0.3, 0.4) is 0 Å². The minimum atomic E-state index is -1.12. The summed E-state index contributed by atoms with van der Waals surface area (Å²) in [6.45, 7) is 0. The largest absolute Gasteiger partial charge is 0.477 e. The van der Waals surface area contributed by atoms with Crippen molar-refractivity contribution in [3.8, 4) is 0 Å². The fraction of sp³-hybridized carbons (Fsp3) is 0.417. The summed E-state index contributed by atoms with van der Waals surface area (Å²) < 4.78 is 11.2. The number of carbonyl (C=O) groups excluding carboxylic acids is 1. The molecule has 0 aliphatic carbocycles. The van der Waals surface area contributed by atoms with Crippen LogP contribution in [-0.2, 0) is 10.8 Å². The standard InChI is InChI=1S/C12H14N2O4S/c15-11(14-9-3-5-19(18)6-4-9)8-1-2-10(12(16)17)13-7-8/h1-2,7,9H,3-6H2,(H,14,15)(H,16,17). The van der Waals surface area contributed by atoms with Gasteiger partial charge in [0.15, 0.2) is 0 Å². The first-order valence-corrected chi connectivity index (χ1v) is 7.40. The molecule has 0 unspecified atom stereocenters. The summed E-state index contributed by atoms with van der Waals surface area (Å²) in [5, 5.41) is 11.6. The molecule has 6 nitrogen and oxygen atoms in total. The molecule has 1 saturated heterocycles. The number of hydrogen-bond acceptors (Lipinski definition) is 4. The topological polar surface area (TPSA) is 96.4 Å². The fourth-order valence-electron chi connectivity index (χ4n) is 1.86. The molecule has 1 aromatic rings. The molecule has 7 heteroatoms. The first-order chi connectivity index (χ1) is 9.06. The average molecular weight is 282 g/mol. The Labute approximate surface area is 112 Å². The molecular weight excluding hydrogens is 268 g/mol. The third-order valence-corrected chi connectivity index (χ3v) is 4.35. The second-order valence-corrected chi connectivity index (χ2v) is 6.03. The number of carboxylic acid groups (broad SMARTS) is 1. The zero-order valence-electron chi connectivity index (χ0n) is 10.2. The van der Waals surface area contributed by atoms with Crippen LogP contribution in [0, 0.1) is 0 Å². The highest BCUT2D eigenvalue weighted by Gasteiger charge is 2.20. The Kier molecular flexibility index (Phi) is 4.26. The second-order valence-electron chi connectivity index (χ2n) is 4.33. The number of rotatable bonds is 3. The van der Waals surface area contributed by atoms with Gasteiger partial charge in [-0.2, -0.15) is 0 Å². The van der Waals surface area contributed by atoms with Crippen molar-refractivity contribution in [2.75, 3.05) is 11.5 Å². The number of carbonyl (C=O) groups is 2. The maximum Gasteiger partial charge on any atom is 0.354 e. The zero-order chi connectivity index (χ0) is 13.8. The van der Waals surface area contributed by atoms with Gasteiger partial charge in [0.25, 0.3) is 5.91 Å². The number of carboxylic acids is 1. The van der Waals surface area contributed by atoms with Gasteiger partial charge in [-0.1, -0.05) is 0 Å². The van der Waals surface area contributed by atoms with Gasteiger partial charge in [-0.25, -0.2) is 9.78 Å². The van der Waals surface area contributed by atoms with Crippen molar-refractivity contribution in [1.82, 2.24) is 10.3 Å². The SMILES string of the molecule is O=C(NC1CCS(=O)CC1)c1ccc(C(=O)O)nc1. The highest BCUT2D eigenvalue weighted by Crippen LogP contribution is 2.10. The van der Waals surface area contributed by atoms with Crippen LogP contribution < -0.4 is 5.32 Å². The molecule has 102 valence electrons. The van der Waals surface area contributed by atoms with Crippen LogP contribution in [0.1, 0.15) is 33.7 Å². The van der Waals surface area contributed by atoms with E-state index in [1.54, 1.807) is 0 Å². The minimum absolute atomic E-state index is 0.0318. The summed E-state index contributed by atoms with van der Waals surface area (Å²) in [4.78, 5) is 26.2. The number of nitrogens with zero attached hydrogens (tertiary/aromatic N) is 1. The second kappa shape index (κ2) is 5.92. The molecule has 1 aliphatic rings. The lowest BCUT2D eigenvalue weighted by Gasteiger charge is -2.22. The molecule has 0 atom stereocenters. The smallest absolute Gasteiger partial charge is 0.354 e. The maximum atomic E-state index is 11.9. The summed E-state index contributed by atoms with van der Waals surface area (Å²) in [5.74, 6) is -0.175. The van der Waals surface area contributed by atoms with Crippen molar-refractivity contribution in [2.24, 2.45) is 0 Å². The Morgan fingerprint density at radius 1 is 1.32 bits per heavy atom. The number of hydrogen-bond donors (Lipinski definition) is 2. The third-order valence-electron chi connectivity index (χ3n) is 2.97. The highest BCUT2D eigenvalue weighted by molar-refractivity contribution is 7.85. The molecule has 1 aromatic heterocycles. The van der Waals surface area contributed by atoms with E-state index in [-0.39, 0.29) is 17.6 Å². The Bertz CT molecular complexity index is 505. The quantitative estimate of drug-likeness (QED) is 0.837. The van der Waals surface area contributed by atoms with Crippen LogP contribution >= 0.6 is 0 Å². The van der Waals surface area contributed by atoms with E-state index in [2.05, 4.69) is 10.3 Å². The highest BCUT2D eigenvalue weighted by atomic mass is 32.2. The number of aromatic carboxylic acids is 1. The molecule has 2 rings (SSSR count). The van der Waals surface area contributed by atoms with Gasteiger partial charge in [-0.05, 0) is 25.0 Å². The van der Waals surface area contributed by atoms with E-state index in [1.807, 2.05) is 0 Å². The van der Waals surface area contributed by atoms with Gasteiger partial charge in [-0.15, -0.1) is 0 Å². The predicted molar refractivity (Wildman–Crippen MR) is 69.6 cm³/mol. The maximum absolute atomic E-state index is 11.9. The Morgan fingerprint density at radius 3 is 2.53 bits per heavy atom. The third kappa shape index (κ3) is 3.60. The first kappa shape index (κ1) is 13.7. The van der Waals surface area contributed by atoms with Gasteiger partial charge in [0, 0.05) is 34.5 Å². The van der Waals surface area contributed by atoms with Crippen LogP contribution in [-0.4, -0.2) is 43.7 Å². The normalized spacial score (nSPS) is 22.7. The van der Waals surface area contributed by atoms with E-state index in [0.717, 1.165) is 0 Å². The lowest BCUT2D eigenvalue weighted by molar-refractivity contribution is 0.0689. The molecule has 0 bridgehead atoms. The van der Waals surface area contributed by atoms with Crippen molar-refractivity contribution in [2.45, 2.75) is 18.9 Å². The van der Waals surface area contributed by atoms with E-state index in [9.17, 15) is 13.8 Å². The van der Waals surface area contributed by atoms with Crippen LogP contribution in [0.4, 0.5) is 0 Å². The van der Waals surface area contributed by atoms with E-state index < -0.39 is 16.8 Å². The van der Waals surface area contributed by atoms with Crippen LogP contribution in [0.5, 0.6) is 0 Å². The summed E-state index contributed by atoms with van der Waals surface area (Å²) in [6.07, 6.45) is 2.66. The van der Waals surface area contributed by atoms with E-state index in [1.165, 1.54) is 18.3 Å². The number of nitrogens with one attached hydrogen (secondary N) is 1. The van der Waals surface area contributed by atoms with Gasteiger partial charge in [0.2, 0.25) is 0 Å². The van der Waals surface area contributed by atoms with Gasteiger partial charge >= 0.3 is 5.97 Å². The van der Waals surface area contributed by atoms with Gasteiger partial charge in [0.1, 0.15) is 5.69 Å². The first-order valence-electron chi connectivity index (χ1n) is 5.91. The number of amides is 1. The number of pyridine rings is 1.